The first-order chi connectivity index (χ1) is 19.4. The van der Waals surface area contributed by atoms with Gasteiger partial charge >= 0.3 is 5.97 Å². The summed E-state index contributed by atoms with van der Waals surface area (Å²) in [6.07, 6.45) is 1.89. The maximum atomic E-state index is 14.0. The smallest absolute Gasteiger partial charge is 0.337 e. The number of benzene rings is 3. The molecule has 0 spiro atoms. The molecule has 8 heteroatoms. The number of rotatable bonds is 5. The van der Waals surface area contributed by atoms with Crippen LogP contribution in [0.4, 0.5) is 4.39 Å². The molecular formula is C33H31FN4O3. The summed E-state index contributed by atoms with van der Waals surface area (Å²) in [5.74, 6) is -0.938. The molecule has 0 saturated carbocycles. The van der Waals surface area contributed by atoms with E-state index in [1.54, 1.807) is 30.5 Å². The molecule has 0 amide bonds. The number of esters is 1. The molecule has 2 aromatic heterocycles. The molecule has 0 unspecified atom stereocenters. The van der Waals surface area contributed by atoms with Gasteiger partial charge in [-0.2, -0.15) is 15.0 Å². The lowest BCUT2D eigenvalue weighted by Gasteiger charge is -2.26. The predicted molar refractivity (Wildman–Crippen MR) is 157 cm³/mol. The SMILES string of the molecule is COC(=O)c1ccc(-c2c(C(C)(C)CC#N)n(-c3ccc(F)cc3)c3cc4cnn(C(=O)C(C)(C)C)c4cc23)cc1. The molecule has 41 heavy (non-hydrogen) atoms. The van der Waals surface area contributed by atoms with Crippen molar-refractivity contribution in [3.05, 3.63) is 83.9 Å². The maximum Gasteiger partial charge on any atom is 0.337 e. The number of hydrogen-bond acceptors (Lipinski definition) is 5. The Morgan fingerprint density at radius 1 is 0.976 bits per heavy atom. The molecule has 0 saturated heterocycles. The number of methoxy groups -OCH3 is 1. The second-order valence-corrected chi connectivity index (χ2v) is 11.9. The van der Waals surface area contributed by atoms with Crippen LogP contribution in [0.3, 0.4) is 0 Å². The zero-order valence-corrected chi connectivity index (χ0v) is 23.9. The number of carbonyl (C=O) groups is 2. The van der Waals surface area contributed by atoms with E-state index in [1.165, 1.54) is 23.9 Å². The Morgan fingerprint density at radius 3 is 2.22 bits per heavy atom. The molecule has 5 aromatic rings. The van der Waals surface area contributed by atoms with Crippen molar-refractivity contribution in [1.29, 1.82) is 5.26 Å². The van der Waals surface area contributed by atoms with E-state index in [-0.39, 0.29) is 18.1 Å². The third-order valence-corrected chi connectivity index (χ3v) is 7.33. The van der Waals surface area contributed by atoms with Gasteiger partial charge in [0.2, 0.25) is 0 Å². The zero-order valence-electron chi connectivity index (χ0n) is 23.9. The molecule has 208 valence electrons. The van der Waals surface area contributed by atoms with Gasteiger partial charge in [-0.1, -0.05) is 46.8 Å². The van der Waals surface area contributed by atoms with Crippen LogP contribution in [0.15, 0.2) is 66.9 Å². The highest BCUT2D eigenvalue weighted by molar-refractivity contribution is 6.08. The molecular weight excluding hydrogens is 519 g/mol. The monoisotopic (exact) mass is 550 g/mol. The first-order valence-electron chi connectivity index (χ1n) is 13.3. The van der Waals surface area contributed by atoms with Crippen LogP contribution in [-0.2, 0) is 10.2 Å². The van der Waals surface area contributed by atoms with Gasteiger partial charge in [0.15, 0.2) is 0 Å². The zero-order chi connectivity index (χ0) is 29.7. The molecule has 0 radical (unpaired) electrons. The summed E-state index contributed by atoms with van der Waals surface area (Å²) >= 11 is 0. The van der Waals surface area contributed by atoms with Crippen LogP contribution in [0.1, 0.15) is 61.9 Å². The number of fused-ring (bicyclic) bond motifs is 2. The number of ether oxygens (including phenoxy) is 1. The van der Waals surface area contributed by atoms with Crippen LogP contribution in [0.2, 0.25) is 0 Å². The van der Waals surface area contributed by atoms with E-state index in [0.717, 1.165) is 38.8 Å². The first-order valence-corrected chi connectivity index (χ1v) is 13.3. The summed E-state index contributed by atoms with van der Waals surface area (Å²) in [7, 11) is 1.34. The molecule has 3 aromatic carbocycles. The van der Waals surface area contributed by atoms with E-state index in [1.807, 2.05) is 58.9 Å². The average Bonchev–Trinajstić information content (AvgIpc) is 3.50. The molecule has 0 bridgehead atoms. The van der Waals surface area contributed by atoms with Crippen molar-refractivity contribution in [1.82, 2.24) is 14.3 Å². The highest BCUT2D eigenvalue weighted by Crippen LogP contribution is 2.45. The summed E-state index contributed by atoms with van der Waals surface area (Å²) in [5, 5.41) is 15.8. The lowest BCUT2D eigenvalue weighted by molar-refractivity contribution is 0.0600. The van der Waals surface area contributed by atoms with Crippen LogP contribution >= 0.6 is 0 Å². The van der Waals surface area contributed by atoms with Crippen molar-refractivity contribution < 1.29 is 18.7 Å². The van der Waals surface area contributed by atoms with E-state index in [9.17, 15) is 19.2 Å². The van der Waals surface area contributed by atoms with Crippen LogP contribution in [0.25, 0.3) is 38.6 Å². The fraction of sp³-hybridized carbons (Fsp3) is 0.273. The maximum absolute atomic E-state index is 14.0. The average molecular weight is 551 g/mol. The molecule has 0 aliphatic rings. The lowest BCUT2D eigenvalue weighted by Crippen LogP contribution is -2.27. The Morgan fingerprint density at radius 2 is 1.63 bits per heavy atom. The fourth-order valence-electron chi connectivity index (χ4n) is 5.25. The molecule has 5 rings (SSSR count). The highest BCUT2D eigenvalue weighted by atomic mass is 19.1. The Bertz CT molecular complexity index is 1850. The number of aromatic nitrogens is 3. The van der Waals surface area contributed by atoms with Gasteiger partial charge in [-0.3, -0.25) is 4.79 Å². The van der Waals surface area contributed by atoms with Crippen LogP contribution in [0.5, 0.6) is 0 Å². The van der Waals surface area contributed by atoms with Crippen LogP contribution < -0.4 is 0 Å². The molecule has 0 N–H and O–H groups in total. The second kappa shape index (κ2) is 10.0. The second-order valence-electron chi connectivity index (χ2n) is 11.9. The van der Waals surface area contributed by atoms with Gasteiger partial charge in [0.1, 0.15) is 5.82 Å². The van der Waals surface area contributed by atoms with Crippen molar-refractivity contribution in [3.8, 4) is 22.9 Å². The number of nitriles is 1. The molecule has 7 nitrogen and oxygen atoms in total. The van der Waals surface area contributed by atoms with Gasteiger partial charge in [0, 0.05) is 45.0 Å². The first kappa shape index (κ1) is 27.8. The molecule has 0 aliphatic carbocycles. The summed E-state index contributed by atoms with van der Waals surface area (Å²) in [5.41, 5.74) is 3.83. The number of carbonyl (C=O) groups excluding carboxylic acids is 2. The fourth-order valence-corrected chi connectivity index (χ4v) is 5.25. The van der Waals surface area contributed by atoms with Crippen molar-refractivity contribution in [2.24, 2.45) is 5.41 Å². The molecule has 2 heterocycles. The standard InChI is InChI=1S/C33H31FN4O3/c1-32(2,3)31(40)38-26-18-25-27(17-22(26)19-36-38)37(24-13-11-23(34)12-14-24)29(33(4,5)15-16-35)28(25)20-7-9-21(10-8-20)30(39)41-6/h7-14,17-19H,15H2,1-6H3. The number of halogens is 1. The van der Waals surface area contributed by atoms with Crippen molar-refractivity contribution >= 4 is 33.7 Å². The van der Waals surface area contributed by atoms with Crippen molar-refractivity contribution in [2.45, 2.75) is 46.5 Å². The molecule has 0 aliphatic heterocycles. The summed E-state index contributed by atoms with van der Waals surface area (Å²) < 4.78 is 22.4. The third-order valence-electron chi connectivity index (χ3n) is 7.33. The van der Waals surface area contributed by atoms with Crippen molar-refractivity contribution in [3.63, 3.8) is 0 Å². The predicted octanol–water partition coefficient (Wildman–Crippen LogP) is 7.45. The number of hydrogen-bond donors (Lipinski definition) is 0. The third kappa shape index (κ3) is 4.78. The van der Waals surface area contributed by atoms with E-state index < -0.39 is 16.8 Å². The summed E-state index contributed by atoms with van der Waals surface area (Å²) in [4.78, 5) is 25.5. The van der Waals surface area contributed by atoms with Gasteiger partial charge in [-0.05, 0) is 54.1 Å². The van der Waals surface area contributed by atoms with E-state index in [2.05, 4.69) is 15.7 Å². The largest absolute Gasteiger partial charge is 0.465 e. The van der Waals surface area contributed by atoms with Gasteiger partial charge in [0.05, 0.1) is 36.0 Å². The van der Waals surface area contributed by atoms with Crippen LogP contribution in [0, 0.1) is 22.6 Å². The number of nitrogens with zero attached hydrogens (tertiary/aromatic N) is 4. The van der Waals surface area contributed by atoms with Crippen LogP contribution in [-0.4, -0.2) is 33.3 Å². The quantitative estimate of drug-likeness (QED) is 0.212. The van der Waals surface area contributed by atoms with E-state index >= 15 is 0 Å². The van der Waals surface area contributed by atoms with Gasteiger partial charge in [-0.15, -0.1) is 0 Å². The minimum absolute atomic E-state index is 0.140. The highest BCUT2D eigenvalue weighted by Gasteiger charge is 2.33. The Kier molecular flexibility index (Phi) is 6.78. The summed E-state index contributed by atoms with van der Waals surface area (Å²) in [6.45, 7) is 9.55. The van der Waals surface area contributed by atoms with Gasteiger partial charge < -0.3 is 9.30 Å². The Balaban J connectivity index is 1.94. The lowest BCUT2D eigenvalue weighted by atomic mass is 9.81. The molecule has 0 fully saturated rings. The van der Waals surface area contributed by atoms with Crippen molar-refractivity contribution in [2.75, 3.05) is 7.11 Å². The minimum Gasteiger partial charge on any atom is -0.465 e. The summed E-state index contributed by atoms with van der Waals surface area (Å²) in [6, 6.07) is 19.6. The normalized spacial score (nSPS) is 12.0. The molecule has 0 atom stereocenters. The van der Waals surface area contributed by atoms with Gasteiger partial charge in [-0.25, -0.2) is 9.18 Å². The Hall–Kier alpha value is -4.77. The van der Waals surface area contributed by atoms with Gasteiger partial charge in [0.25, 0.3) is 5.91 Å². The van der Waals surface area contributed by atoms with E-state index in [4.69, 9.17) is 4.74 Å². The van der Waals surface area contributed by atoms with E-state index in [0.29, 0.717) is 11.1 Å². The Labute approximate surface area is 237 Å². The minimum atomic E-state index is -0.652. The topological polar surface area (TPSA) is 89.9 Å².